The molecule has 0 saturated heterocycles. The number of nitrogens with two attached hydrogens (primary N) is 2. The van der Waals surface area contributed by atoms with E-state index in [9.17, 15) is 9.18 Å². The van der Waals surface area contributed by atoms with E-state index in [1.165, 1.54) is 11.2 Å². The van der Waals surface area contributed by atoms with Crippen molar-refractivity contribution < 1.29 is 9.18 Å². The van der Waals surface area contributed by atoms with Gasteiger partial charge >= 0.3 is 0 Å². The first-order valence-electron chi connectivity index (χ1n) is 10.5. The quantitative estimate of drug-likeness (QED) is 0.457. The normalized spacial score (nSPS) is 24.0. The number of carbonyl (C=O) groups excluding carboxylic acids is 1. The molecule has 10 nitrogen and oxygen atoms in total. The Morgan fingerprint density at radius 2 is 1.91 bits per heavy atom. The highest BCUT2D eigenvalue weighted by Gasteiger charge is 2.45. The molecule has 3 heterocycles. The summed E-state index contributed by atoms with van der Waals surface area (Å²) in [4.78, 5) is 22.1. The van der Waals surface area contributed by atoms with Crippen LogP contribution in [0.5, 0.6) is 0 Å². The van der Waals surface area contributed by atoms with Gasteiger partial charge in [-0.05, 0) is 50.2 Å². The molecule has 3 aromatic heterocycles. The van der Waals surface area contributed by atoms with Crippen molar-refractivity contribution in [2.24, 2.45) is 23.3 Å². The predicted molar refractivity (Wildman–Crippen MR) is 116 cm³/mol. The fourth-order valence-corrected chi connectivity index (χ4v) is 4.39. The molecule has 5 rings (SSSR count). The van der Waals surface area contributed by atoms with E-state index in [4.69, 9.17) is 11.5 Å². The third kappa shape index (κ3) is 3.86. The number of aromatic nitrogens is 5. The van der Waals surface area contributed by atoms with Crippen LogP contribution >= 0.6 is 0 Å². The van der Waals surface area contributed by atoms with E-state index in [0.29, 0.717) is 28.9 Å². The Balaban J connectivity index is 1.45. The average molecular weight is 437 g/mol. The molecule has 2 fully saturated rings. The van der Waals surface area contributed by atoms with Gasteiger partial charge in [0.1, 0.15) is 11.5 Å². The number of halogens is 1. The number of rotatable bonds is 6. The number of hydrogen-bond acceptors (Lipinski definition) is 8. The van der Waals surface area contributed by atoms with Crippen LogP contribution in [0.2, 0.25) is 0 Å². The zero-order chi connectivity index (χ0) is 22.4. The van der Waals surface area contributed by atoms with E-state index in [1.807, 2.05) is 6.92 Å². The Kier molecular flexibility index (Phi) is 4.97. The third-order valence-corrected chi connectivity index (χ3v) is 6.24. The van der Waals surface area contributed by atoms with Crippen molar-refractivity contribution >= 4 is 23.2 Å². The Hall–Kier alpha value is -3.60. The first-order chi connectivity index (χ1) is 15.4. The zero-order valence-electron chi connectivity index (χ0n) is 17.5. The number of anilines is 3. The fraction of sp³-hybridized carbons (Fsp3) is 0.381. The highest BCUT2D eigenvalue weighted by Crippen LogP contribution is 2.49. The third-order valence-electron chi connectivity index (χ3n) is 6.24. The van der Waals surface area contributed by atoms with Crippen molar-refractivity contribution in [1.29, 1.82) is 0 Å². The lowest BCUT2D eigenvalue weighted by Gasteiger charge is -2.29. The predicted octanol–water partition coefficient (Wildman–Crippen LogP) is 1.89. The number of aryl methyl sites for hydroxylation is 1. The lowest BCUT2D eigenvalue weighted by Crippen LogP contribution is -2.43. The smallest absolute Gasteiger partial charge is 0.252 e. The van der Waals surface area contributed by atoms with Crippen LogP contribution in [0, 0.1) is 24.6 Å². The Morgan fingerprint density at radius 1 is 1.16 bits per heavy atom. The largest absolute Gasteiger partial charge is 0.365 e. The van der Waals surface area contributed by atoms with Crippen molar-refractivity contribution in [3.63, 3.8) is 0 Å². The van der Waals surface area contributed by atoms with Gasteiger partial charge in [-0.25, -0.2) is 9.37 Å². The zero-order valence-corrected chi connectivity index (χ0v) is 17.5. The average Bonchev–Trinajstić information content (AvgIpc) is 3.28. The molecule has 0 spiro atoms. The molecule has 6 N–H and O–H groups in total. The van der Waals surface area contributed by atoms with Crippen LogP contribution in [0.4, 0.5) is 21.7 Å². The summed E-state index contributed by atoms with van der Waals surface area (Å²) < 4.78 is 14.8. The second kappa shape index (κ2) is 7.83. The van der Waals surface area contributed by atoms with Gasteiger partial charge in [-0.15, -0.1) is 4.80 Å². The molecule has 1 amide bonds. The molecule has 32 heavy (non-hydrogen) atoms. The SMILES string of the molecule is Cc1ncc(Nc2nc(N[C@@H]3CC4CC4C[C@@H]3N)c(F)cc2C(N)=O)cc1-n1nccn1. The molecule has 11 heteroatoms. The topological polar surface area (TPSA) is 150 Å². The van der Waals surface area contributed by atoms with Gasteiger partial charge in [0.25, 0.3) is 5.91 Å². The molecule has 4 atom stereocenters. The molecule has 2 aliphatic rings. The lowest BCUT2D eigenvalue weighted by molar-refractivity contribution is 0.100. The number of nitrogens with one attached hydrogen (secondary N) is 2. The molecule has 2 saturated carbocycles. The molecule has 3 aromatic rings. The standard InChI is InChI=1S/C21H24FN9O/c1-10-18(31-26-2-3-27-31)7-13(9-25-10)28-20-14(19(24)32)8-15(22)21(30-20)29-17-6-12-4-11(12)5-16(17)23/h2-3,7-9,11-12,16-17H,4-6,23H2,1H3,(H2,24,32)(H2,28,29,30)/t11?,12?,16-,17+/m0/s1. The maximum atomic E-state index is 14.8. The van der Waals surface area contributed by atoms with Crippen molar-refractivity contribution in [3.05, 3.63) is 47.8 Å². The number of nitrogens with zero attached hydrogens (tertiary/aromatic N) is 5. The van der Waals surface area contributed by atoms with Gasteiger partial charge in [0.2, 0.25) is 0 Å². The van der Waals surface area contributed by atoms with Crippen molar-refractivity contribution in [1.82, 2.24) is 25.0 Å². The van der Waals surface area contributed by atoms with Crippen LogP contribution < -0.4 is 22.1 Å². The summed E-state index contributed by atoms with van der Waals surface area (Å²) >= 11 is 0. The maximum Gasteiger partial charge on any atom is 0.252 e. The number of fused-ring (bicyclic) bond motifs is 1. The van der Waals surface area contributed by atoms with E-state index in [2.05, 4.69) is 30.8 Å². The number of carbonyl (C=O) groups is 1. The summed E-state index contributed by atoms with van der Waals surface area (Å²) in [6.45, 7) is 1.83. The van der Waals surface area contributed by atoms with Gasteiger partial charge in [0.15, 0.2) is 11.6 Å². The van der Waals surface area contributed by atoms with Gasteiger partial charge in [-0.3, -0.25) is 9.78 Å². The summed E-state index contributed by atoms with van der Waals surface area (Å²) in [6, 6.07) is 2.70. The minimum Gasteiger partial charge on any atom is -0.365 e. The summed E-state index contributed by atoms with van der Waals surface area (Å²) in [5.74, 6) is 0.0486. The van der Waals surface area contributed by atoms with Crippen molar-refractivity contribution in [2.75, 3.05) is 10.6 Å². The number of pyridine rings is 2. The minimum atomic E-state index is -0.797. The van der Waals surface area contributed by atoms with Gasteiger partial charge in [-0.1, -0.05) is 0 Å². The second-order valence-corrected chi connectivity index (χ2v) is 8.49. The van der Waals surface area contributed by atoms with E-state index in [0.717, 1.165) is 18.9 Å². The van der Waals surface area contributed by atoms with E-state index < -0.39 is 11.7 Å². The van der Waals surface area contributed by atoms with Gasteiger partial charge in [-0.2, -0.15) is 10.2 Å². The summed E-state index contributed by atoms with van der Waals surface area (Å²) in [5.41, 5.74) is 13.6. The first-order valence-corrected chi connectivity index (χ1v) is 10.5. The molecule has 2 aliphatic carbocycles. The molecular weight excluding hydrogens is 413 g/mol. The van der Waals surface area contributed by atoms with E-state index in [1.54, 1.807) is 24.7 Å². The number of hydrogen-bond donors (Lipinski definition) is 4. The van der Waals surface area contributed by atoms with Crippen LogP contribution in [-0.2, 0) is 0 Å². The Morgan fingerprint density at radius 3 is 2.66 bits per heavy atom. The first kappa shape index (κ1) is 20.3. The number of amides is 1. The molecule has 0 radical (unpaired) electrons. The van der Waals surface area contributed by atoms with E-state index in [-0.39, 0.29) is 29.3 Å². The highest BCUT2D eigenvalue weighted by molar-refractivity contribution is 5.98. The van der Waals surface area contributed by atoms with Crippen molar-refractivity contribution in [2.45, 2.75) is 38.3 Å². The highest BCUT2D eigenvalue weighted by atomic mass is 19.1. The van der Waals surface area contributed by atoms with Gasteiger partial charge in [0, 0.05) is 12.1 Å². The van der Waals surface area contributed by atoms with Crippen LogP contribution in [0.3, 0.4) is 0 Å². The molecule has 166 valence electrons. The summed E-state index contributed by atoms with van der Waals surface area (Å²) in [6.07, 6.45) is 7.69. The van der Waals surface area contributed by atoms with Gasteiger partial charge in [0.05, 0.1) is 35.5 Å². The number of primary amides is 1. The molecule has 0 aliphatic heterocycles. The molecule has 0 aromatic carbocycles. The van der Waals surface area contributed by atoms with Crippen LogP contribution in [0.15, 0.2) is 30.7 Å². The van der Waals surface area contributed by atoms with E-state index >= 15 is 0 Å². The Bertz CT molecular complexity index is 1170. The summed E-state index contributed by atoms with van der Waals surface area (Å²) in [5, 5.41) is 14.4. The van der Waals surface area contributed by atoms with Crippen LogP contribution in [0.25, 0.3) is 5.69 Å². The molecular formula is C21H24FN9O. The molecule has 0 bridgehead atoms. The monoisotopic (exact) mass is 437 g/mol. The van der Waals surface area contributed by atoms with Gasteiger partial charge < -0.3 is 22.1 Å². The van der Waals surface area contributed by atoms with Crippen LogP contribution in [0.1, 0.15) is 35.3 Å². The second-order valence-electron chi connectivity index (χ2n) is 8.49. The maximum absolute atomic E-state index is 14.8. The molecule has 2 unspecified atom stereocenters. The van der Waals surface area contributed by atoms with Crippen LogP contribution in [-0.4, -0.2) is 43.0 Å². The summed E-state index contributed by atoms with van der Waals surface area (Å²) in [7, 11) is 0. The fourth-order valence-electron chi connectivity index (χ4n) is 4.39. The lowest BCUT2D eigenvalue weighted by atomic mass is 9.91. The minimum absolute atomic E-state index is 0.0334. The Labute approximate surface area is 183 Å². The van der Waals surface area contributed by atoms with Crippen molar-refractivity contribution in [3.8, 4) is 5.69 Å².